The molecule has 0 aliphatic carbocycles. The van der Waals surface area contributed by atoms with Gasteiger partial charge in [-0.15, -0.1) is 0 Å². The maximum atomic E-state index is 13.5. The predicted molar refractivity (Wildman–Crippen MR) is 93.3 cm³/mol. The van der Waals surface area contributed by atoms with E-state index >= 15 is 0 Å². The molecule has 0 atom stereocenters. The van der Waals surface area contributed by atoms with E-state index in [4.69, 9.17) is 9.15 Å². The number of benzene rings is 1. The van der Waals surface area contributed by atoms with Crippen LogP contribution in [0.4, 0.5) is 8.78 Å². The zero-order valence-electron chi connectivity index (χ0n) is 14.7. The zero-order valence-corrected chi connectivity index (χ0v) is 14.7. The van der Waals surface area contributed by atoms with Crippen LogP contribution < -0.4 is 10.1 Å². The fraction of sp³-hybridized carbons (Fsp3) is 0.263. The van der Waals surface area contributed by atoms with Crippen molar-refractivity contribution in [3.63, 3.8) is 0 Å². The summed E-state index contributed by atoms with van der Waals surface area (Å²) in [6.07, 6.45) is 2.47. The predicted octanol–water partition coefficient (Wildman–Crippen LogP) is 3.46. The highest BCUT2D eigenvalue weighted by Crippen LogP contribution is 2.19. The van der Waals surface area contributed by atoms with Gasteiger partial charge in [0.15, 0.2) is 17.3 Å². The number of rotatable bonds is 8. The fourth-order valence-corrected chi connectivity index (χ4v) is 2.47. The third kappa shape index (κ3) is 4.93. The zero-order chi connectivity index (χ0) is 19.2. The summed E-state index contributed by atoms with van der Waals surface area (Å²) < 4.78 is 38.9. The normalized spacial score (nSPS) is 10.8. The smallest absolute Gasteiger partial charge is 0.286 e. The molecule has 3 aromatic rings. The third-order valence-corrected chi connectivity index (χ3v) is 3.91. The number of hydrogen-bond donors (Lipinski definition) is 1. The Hall–Kier alpha value is -3.16. The van der Waals surface area contributed by atoms with Gasteiger partial charge >= 0.3 is 0 Å². The second-order valence-corrected chi connectivity index (χ2v) is 5.93. The van der Waals surface area contributed by atoms with Crippen LogP contribution in [-0.4, -0.2) is 22.2 Å². The molecule has 8 heteroatoms. The molecule has 0 fully saturated rings. The van der Waals surface area contributed by atoms with Gasteiger partial charge in [-0.05, 0) is 43.7 Å². The maximum Gasteiger partial charge on any atom is 0.286 e. The first kappa shape index (κ1) is 18.6. The summed E-state index contributed by atoms with van der Waals surface area (Å²) in [4.78, 5) is 12.1. The quantitative estimate of drug-likeness (QED) is 0.612. The number of aryl methyl sites for hydroxylation is 2. The van der Waals surface area contributed by atoms with Crippen molar-refractivity contribution in [2.24, 2.45) is 0 Å². The Morgan fingerprint density at radius 3 is 2.85 bits per heavy atom. The molecule has 27 heavy (non-hydrogen) atoms. The summed E-state index contributed by atoms with van der Waals surface area (Å²) >= 11 is 0. The minimum absolute atomic E-state index is 0.0750. The Bertz CT molecular complexity index is 921. The van der Waals surface area contributed by atoms with Crippen LogP contribution in [0.1, 0.15) is 28.4 Å². The molecular formula is C19H19F2N3O3. The Morgan fingerprint density at radius 1 is 1.26 bits per heavy atom. The lowest BCUT2D eigenvalue weighted by atomic mass is 10.3. The van der Waals surface area contributed by atoms with Crippen LogP contribution in [0.5, 0.6) is 5.75 Å². The lowest BCUT2D eigenvalue weighted by molar-refractivity contribution is 0.0920. The van der Waals surface area contributed by atoms with E-state index in [2.05, 4.69) is 10.4 Å². The van der Waals surface area contributed by atoms with Crippen molar-refractivity contribution in [2.45, 2.75) is 26.5 Å². The standard InChI is InChI=1S/C19H19F2N3O3/c1-13-7-9-23-24(13)10-2-8-22-19(25)18-6-4-15(27-18)12-26-17-5-3-14(20)11-16(17)21/h3-7,9,11H,2,8,10,12H2,1H3,(H,22,25). The molecule has 2 heterocycles. The number of aromatic nitrogens is 2. The Balaban J connectivity index is 1.45. The Kier molecular flexibility index (Phi) is 5.85. The van der Waals surface area contributed by atoms with Gasteiger partial charge < -0.3 is 14.5 Å². The highest BCUT2D eigenvalue weighted by atomic mass is 19.1. The van der Waals surface area contributed by atoms with E-state index in [1.165, 1.54) is 12.1 Å². The molecule has 1 aromatic carbocycles. The van der Waals surface area contributed by atoms with E-state index < -0.39 is 11.6 Å². The van der Waals surface area contributed by atoms with E-state index in [0.717, 1.165) is 24.2 Å². The van der Waals surface area contributed by atoms with Gasteiger partial charge in [0, 0.05) is 31.0 Å². The molecule has 0 saturated heterocycles. The van der Waals surface area contributed by atoms with Crippen LogP contribution in [0.2, 0.25) is 0 Å². The number of furan rings is 1. The van der Waals surface area contributed by atoms with E-state index in [1.807, 2.05) is 17.7 Å². The molecule has 0 saturated carbocycles. The van der Waals surface area contributed by atoms with Gasteiger partial charge in [-0.25, -0.2) is 8.78 Å². The average molecular weight is 375 g/mol. The van der Waals surface area contributed by atoms with E-state index in [1.54, 1.807) is 12.3 Å². The molecular weight excluding hydrogens is 356 g/mol. The lowest BCUT2D eigenvalue weighted by Gasteiger charge is -2.06. The van der Waals surface area contributed by atoms with Gasteiger partial charge in [0.25, 0.3) is 5.91 Å². The molecule has 0 aliphatic rings. The molecule has 0 aliphatic heterocycles. The first-order valence-electron chi connectivity index (χ1n) is 8.46. The molecule has 1 N–H and O–H groups in total. The monoisotopic (exact) mass is 375 g/mol. The van der Waals surface area contributed by atoms with Gasteiger partial charge in [-0.3, -0.25) is 9.48 Å². The molecule has 0 spiro atoms. The van der Waals surface area contributed by atoms with Crippen LogP contribution in [-0.2, 0) is 13.2 Å². The molecule has 2 aromatic heterocycles. The Morgan fingerprint density at radius 2 is 2.11 bits per heavy atom. The summed E-state index contributed by atoms with van der Waals surface area (Å²) in [5.74, 6) is -1.41. The number of halogens is 2. The van der Waals surface area contributed by atoms with E-state index in [9.17, 15) is 13.6 Å². The van der Waals surface area contributed by atoms with Crippen LogP contribution in [0.15, 0.2) is 47.0 Å². The van der Waals surface area contributed by atoms with Gasteiger partial charge in [0.05, 0.1) is 0 Å². The molecule has 3 rings (SSSR count). The number of nitrogens with zero attached hydrogens (tertiary/aromatic N) is 2. The number of carbonyl (C=O) groups is 1. The minimum Gasteiger partial charge on any atom is -0.483 e. The second-order valence-electron chi connectivity index (χ2n) is 5.93. The fourth-order valence-electron chi connectivity index (χ4n) is 2.47. The van der Waals surface area contributed by atoms with Crippen LogP contribution in [0.25, 0.3) is 0 Å². The van der Waals surface area contributed by atoms with Crippen molar-refractivity contribution in [3.05, 3.63) is 71.4 Å². The molecule has 0 radical (unpaired) electrons. The SMILES string of the molecule is Cc1ccnn1CCCNC(=O)c1ccc(COc2ccc(F)cc2F)o1. The third-order valence-electron chi connectivity index (χ3n) is 3.91. The summed E-state index contributed by atoms with van der Waals surface area (Å²) in [6.45, 7) is 3.08. The van der Waals surface area contributed by atoms with Crippen molar-refractivity contribution in [1.29, 1.82) is 0 Å². The first-order chi connectivity index (χ1) is 13.0. The number of nitrogens with one attached hydrogen (secondary N) is 1. The van der Waals surface area contributed by atoms with Crippen LogP contribution >= 0.6 is 0 Å². The van der Waals surface area contributed by atoms with Crippen molar-refractivity contribution in [2.75, 3.05) is 6.54 Å². The summed E-state index contributed by atoms with van der Waals surface area (Å²) in [6, 6.07) is 8.05. The van der Waals surface area contributed by atoms with Crippen molar-refractivity contribution < 1.29 is 22.7 Å². The number of ether oxygens (including phenoxy) is 1. The minimum atomic E-state index is -0.799. The number of hydrogen-bond acceptors (Lipinski definition) is 4. The van der Waals surface area contributed by atoms with E-state index in [-0.39, 0.29) is 24.0 Å². The highest BCUT2D eigenvalue weighted by molar-refractivity contribution is 5.91. The largest absolute Gasteiger partial charge is 0.483 e. The van der Waals surface area contributed by atoms with Gasteiger partial charge in [-0.2, -0.15) is 5.10 Å². The highest BCUT2D eigenvalue weighted by Gasteiger charge is 2.12. The van der Waals surface area contributed by atoms with Gasteiger partial charge in [0.2, 0.25) is 0 Å². The number of amides is 1. The molecule has 142 valence electrons. The van der Waals surface area contributed by atoms with Crippen LogP contribution in [0.3, 0.4) is 0 Å². The molecule has 0 bridgehead atoms. The summed E-state index contributed by atoms with van der Waals surface area (Å²) in [7, 11) is 0. The number of carbonyl (C=O) groups excluding carboxylic acids is 1. The van der Waals surface area contributed by atoms with Crippen molar-refractivity contribution >= 4 is 5.91 Å². The topological polar surface area (TPSA) is 69.3 Å². The summed E-state index contributed by atoms with van der Waals surface area (Å²) in [5, 5.41) is 6.94. The van der Waals surface area contributed by atoms with Crippen molar-refractivity contribution in [1.82, 2.24) is 15.1 Å². The maximum absolute atomic E-state index is 13.5. The average Bonchev–Trinajstić information content (AvgIpc) is 3.27. The Labute approximate surface area is 154 Å². The van der Waals surface area contributed by atoms with Gasteiger partial charge in [0.1, 0.15) is 18.2 Å². The van der Waals surface area contributed by atoms with Crippen molar-refractivity contribution in [3.8, 4) is 5.75 Å². The first-order valence-corrected chi connectivity index (χ1v) is 8.46. The molecule has 6 nitrogen and oxygen atoms in total. The summed E-state index contributed by atoms with van der Waals surface area (Å²) in [5.41, 5.74) is 1.06. The van der Waals surface area contributed by atoms with Crippen LogP contribution in [0, 0.1) is 18.6 Å². The van der Waals surface area contributed by atoms with E-state index in [0.29, 0.717) is 18.8 Å². The lowest BCUT2D eigenvalue weighted by Crippen LogP contribution is -2.25. The van der Waals surface area contributed by atoms with Gasteiger partial charge in [-0.1, -0.05) is 0 Å². The molecule has 1 amide bonds. The molecule has 0 unspecified atom stereocenters. The second kappa shape index (κ2) is 8.48.